The summed E-state index contributed by atoms with van der Waals surface area (Å²) >= 11 is 0. The van der Waals surface area contributed by atoms with Crippen molar-refractivity contribution in [2.45, 2.75) is 39.7 Å². The van der Waals surface area contributed by atoms with Gasteiger partial charge in [-0.15, -0.1) is 0 Å². The first-order valence-electron chi connectivity index (χ1n) is 6.62. The molecule has 92 valence electrons. The molecule has 3 heteroatoms. The Morgan fingerprint density at radius 2 is 2.06 bits per heavy atom. The lowest BCUT2D eigenvalue weighted by Crippen LogP contribution is -2.50. The number of nitrogens with zero attached hydrogens (tertiary/aromatic N) is 1. The maximum atomic E-state index is 12.4. The molecule has 3 atom stereocenters. The molecule has 1 N–H and O–H groups in total. The molecule has 16 heavy (non-hydrogen) atoms. The van der Waals surface area contributed by atoms with Gasteiger partial charge in [0.2, 0.25) is 5.91 Å². The summed E-state index contributed by atoms with van der Waals surface area (Å²) < 4.78 is 0. The fourth-order valence-corrected chi connectivity index (χ4v) is 2.89. The molecule has 2 heterocycles. The smallest absolute Gasteiger partial charge is 0.225 e. The zero-order valence-corrected chi connectivity index (χ0v) is 10.7. The standard InChI is InChI=1S/C13H24N2O/c1-9(2)10(3)13(16)15-6-4-5-11-7-14-8-12(11)15/h9-12,14H,4-8H2,1-3H3. The van der Waals surface area contributed by atoms with Gasteiger partial charge in [0, 0.05) is 31.6 Å². The summed E-state index contributed by atoms with van der Waals surface area (Å²) in [7, 11) is 0. The van der Waals surface area contributed by atoms with Gasteiger partial charge in [-0.05, 0) is 24.7 Å². The van der Waals surface area contributed by atoms with Gasteiger partial charge in [-0.3, -0.25) is 4.79 Å². The first kappa shape index (κ1) is 11.9. The highest BCUT2D eigenvalue weighted by molar-refractivity contribution is 5.79. The lowest BCUT2D eigenvalue weighted by atomic mass is 9.89. The summed E-state index contributed by atoms with van der Waals surface area (Å²) in [6.45, 7) is 9.41. The number of nitrogens with one attached hydrogen (secondary N) is 1. The largest absolute Gasteiger partial charge is 0.338 e. The van der Waals surface area contributed by atoms with E-state index in [1.54, 1.807) is 0 Å². The number of piperidine rings is 1. The highest BCUT2D eigenvalue weighted by atomic mass is 16.2. The Balaban J connectivity index is 2.05. The Bertz CT molecular complexity index is 265. The summed E-state index contributed by atoms with van der Waals surface area (Å²) in [5, 5.41) is 3.42. The first-order valence-corrected chi connectivity index (χ1v) is 6.62. The van der Waals surface area contributed by atoms with Crippen LogP contribution in [0.3, 0.4) is 0 Å². The summed E-state index contributed by atoms with van der Waals surface area (Å²) in [6, 6.07) is 0.474. The van der Waals surface area contributed by atoms with Crippen molar-refractivity contribution >= 4 is 5.91 Å². The molecule has 0 bridgehead atoms. The SMILES string of the molecule is CC(C)C(C)C(=O)N1CCCC2CNCC21. The highest BCUT2D eigenvalue weighted by Crippen LogP contribution is 2.28. The number of likely N-dealkylation sites (tertiary alicyclic amines) is 1. The van der Waals surface area contributed by atoms with Gasteiger partial charge in [-0.2, -0.15) is 0 Å². The van der Waals surface area contributed by atoms with Gasteiger partial charge >= 0.3 is 0 Å². The minimum Gasteiger partial charge on any atom is -0.338 e. The molecule has 0 radical (unpaired) electrons. The van der Waals surface area contributed by atoms with Crippen molar-refractivity contribution in [3.63, 3.8) is 0 Å². The normalized spacial score (nSPS) is 31.6. The van der Waals surface area contributed by atoms with Crippen molar-refractivity contribution in [3.8, 4) is 0 Å². The summed E-state index contributed by atoms with van der Waals surface area (Å²) in [4.78, 5) is 14.5. The maximum Gasteiger partial charge on any atom is 0.225 e. The molecule has 2 aliphatic rings. The van der Waals surface area contributed by atoms with Gasteiger partial charge in [0.1, 0.15) is 0 Å². The molecule has 2 aliphatic heterocycles. The average molecular weight is 224 g/mol. The van der Waals surface area contributed by atoms with Crippen LogP contribution in [0.4, 0.5) is 0 Å². The Hall–Kier alpha value is -0.570. The number of carbonyl (C=O) groups is 1. The lowest BCUT2D eigenvalue weighted by molar-refractivity contribution is -0.140. The van der Waals surface area contributed by atoms with Crippen molar-refractivity contribution in [3.05, 3.63) is 0 Å². The minimum absolute atomic E-state index is 0.166. The first-order chi connectivity index (χ1) is 7.61. The topological polar surface area (TPSA) is 32.3 Å². The van der Waals surface area contributed by atoms with Crippen molar-refractivity contribution < 1.29 is 4.79 Å². The number of hydrogen-bond acceptors (Lipinski definition) is 2. The van der Waals surface area contributed by atoms with E-state index in [1.165, 1.54) is 12.8 Å². The third kappa shape index (κ3) is 2.10. The number of carbonyl (C=O) groups excluding carboxylic acids is 1. The number of amides is 1. The molecule has 0 aromatic carbocycles. The summed E-state index contributed by atoms with van der Waals surface area (Å²) in [6.07, 6.45) is 2.47. The van der Waals surface area contributed by atoms with Gasteiger partial charge in [0.05, 0.1) is 0 Å². The van der Waals surface area contributed by atoms with Gasteiger partial charge in [-0.1, -0.05) is 20.8 Å². The van der Waals surface area contributed by atoms with Crippen molar-refractivity contribution in [2.24, 2.45) is 17.8 Å². The molecule has 0 aromatic heterocycles. The molecule has 3 nitrogen and oxygen atoms in total. The molecular formula is C13H24N2O. The quantitative estimate of drug-likeness (QED) is 0.770. The van der Waals surface area contributed by atoms with E-state index in [0.29, 0.717) is 23.8 Å². The third-order valence-corrected chi connectivity index (χ3v) is 4.35. The fourth-order valence-electron chi connectivity index (χ4n) is 2.89. The highest BCUT2D eigenvalue weighted by Gasteiger charge is 2.38. The second kappa shape index (κ2) is 4.74. The van der Waals surface area contributed by atoms with E-state index in [1.807, 2.05) is 0 Å². The van der Waals surface area contributed by atoms with E-state index in [4.69, 9.17) is 0 Å². The van der Waals surface area contributed by atoms with Gasteiger partial charge < -0.3 is 10.2 Å². The summed E-state index contributed by atoms with van der Waals surface area (Å²) in [5.74, 6) is 1.69. The second-order valence-electron chi connectivity index (χ2n) is 5.69. The monoisotopic (exact) mass is 224 g/mol. The predicted molar refractivity (Wildman–Crippen MR) is 65.1 cm³/mol. The zero-order valence-electron chi connectivity index (χ0n) is 10.7. The Morgan fingerprint density at radius 1 is 1.31 bits per heavy atom. The molecule has 0 spiro atoms. The van der Waals surface area contributed by atoms with Gasteiger partial charge in [0.15, 0.2) is 0 Å². The fraction of sp³-hybridized carbons (Fsp3) is 0.923. The second-order valence-corrected chi connectivity index (χ2v) is 5.69. The van der Waals surface area contributed by atoms with E-state index >= 15 is 0 Å². The molecule has 0 aliphatic carbocycles. The molecule has 2 rings (SSSR count). The Kier molecular flexibility index (Phi) is 3.53. The van der Waals surface area contributed by atoms with E-state index in [0.717, 1.165) is 19.6 Å². The van der Waals surface area contributed by atoms with Crippen LogP contribution in [-0.4, -0.2) is 36.5 Å². The van der Waals surface area contributed by atoms with Gasteiger partial charge in [-0.25, -0.2) is 0 Å². The van der Waals surface area contributed by atoms with Crippen LogP contribution < -0.4 is 5.32 Å². The van der Waals surface area contributed by atoms with E-state index in [-0.39, 0.29) is 5.92 Å². The number of fused-ring (bicyclic) bond motifs is 1. The van der Waals surface area contributed by atoms with E-state index < -0.39 is 0 Å². The number of hydrogen-bond donors (Lipinski definition) is 1. The van der Waals surface area contributed by atoms with Crippen LogP contribution >= 0.6 is 0 Å². The minimum atomic E-state index is 0.166. The van der Waals surface area contributed by atoms with Crippen LogP contribution in [0.25, 0.3) is 0 Å². The van der Waals surface area contributed by atoms with Crippen LogP contribution in [0.5, 0.6) is 0 Å². The Morgan fingerprint density at radius 3 is 2.75 bits per heavy atom. The van der Waals surface area contributed by atoms with E-state index in [2.05, 4.69) is 31.0 Å². The van der Waals surface area contributed by atoms with Crippen LogP contribution in [0.2, 0.25) is 0 Å². The Labute approximate surface area is 98.6 Å². The van der Waals surface area contributed by atoms with Crippen LogP contribution in [0.1, 0.15) is 33.6 Å². The van der Waals surface area contributed by atoms with Crippen LogP contribution in [0, 0.1) is 17.8 Å². The molecule has 2 fully saturated rings. The summed E-state index contributed by atoms with van der Waals surface area (Å²) in [5.41, 5.74) is 0. The van der Waals surface area contributed by atoms with Crippen molar-refractivity contribution in [1.29, 1.82) is 0 Å². The molecule has 1 amide bonds. The van der Waals surface area contributed by atoms with Crippen molar-refractivity contribution in [1.82, 2.24) is 10.2 Å². The predicted octanol–water partition coefficient (Wildman–Crippen LogP) is 1.49. The van der Waals surface area contributed by atoms with Crippen LogP contribution in [0.15, 0.2) is 0 Å². The molecule has 0 saturated carbocycles. The lowest BCUT2D eigenvalue weighted by Gasteiger charge is -2.39. The molecule has 2 saturated heterocycles. The average Bonchev–Trinajstić information content (AvgIpc) is 2.74. The van der Waals surface area contributed by atoms with Crippen LogP contribution in [-0.2, 0) is 4.79 Å². The molecule has 0 aromatic rings. The maximum absolute atomic E-state index is 12.4. The molecule has 3 unspecified atom stereocenters. The molecular weight excluding hydrogens is 200 g/mol. The van der Waals surface area contributed by atoms with E-state index in [9.17, 15) is 4.79 Å². The van der Waals surface area contributed by atoms with Gasteiger partial charge in [0.25, 0.3) is 0 Å². The zero-order chi connectivity index (χ0) is 11.7. The number of rotatable bonds is 2. The third-order valence-electron chi connectivity index (χ3n) is 4.35. The van der Waals surface area contributed by atoms with Crippen molar-refractivity contribution in [2.75, 3.05) is 19.6 Å².